The van der Waals surface area contributed by atoms with E-state index in [1.165, 1.54) is 12.4 Å². The van der Waals surface area contributed by atoms with E-state index in [1.54, 1.807) is 29.9 Å². The van der Waals surface area contributed by atoms with Crippen molar-refractivity contribution in [3.8, 4) is 16.9 Å². The van der Waals surface area contributed by atoms with Crippen molar-refractivity contribution in [1.82, 2.24) is 40.8 Å². The molecule has 3 aromatic carbocycles. The standard InChI is InChI=1S/C31H30N8O2/c1-20-9-15-27(39-19-33-37-38-39)25(17-20)14-16-28(40)35-26(18-22-7-5-4-6-8-22)30-34-21(2)29(36-30)23-10-12-24(13-11-23)31(41)32-3/h4-17,19,26H,18H2,1-3H3,(H,32,41)(H,34,36)(H,35,40)/b16-14+/t26-/m0/s1. The lowest BCUT2D eigenvalue weighted by molar-refractivity contribution is -0.117. The number of tetrazole rings is 1. The molecule has 1 atom stereocenters. The minimum Gasteiger partial charge on any atom is -0.355 e. The topological polar surface area (TPSA) is 130 Å². The van der Waals surface area contributed by atoms with Crippen LogP contribution in [0, 0.1) is 13.8 Å². The molecule has 0 saturated heterocycles. The number of amides is 2. The second-order valence-electron chi connectivity index (χ2n) is 9.65. The molecule has 0 saturated carbocycles. The van der Waals surface area contributed by atoms with Gasteiger partial charge in [-0.15, -0.1) is 5.10 Å². The van der Waals surface area contributed by atoms with E-state index in [2.05, 4.69) is 31.1 Å². The van der Waals surface area contributed by atoms with Gasteiger partial charge in [0.25, 0.3) is 5.91 Å². The number of hydrogen-bond acceptors (Lipinski definition) is 6. The molecule has 2 amide bonds. The number of imidazole rings is 1. The molecular weight excluding hydrogens is 516 g/mol. The summed E-state index contributed by atoms with van der Waals surface area (Å²) in [4.78, 5) is 33.4. The van der Waals surface area contributed by atoms with Crippen molar-refractivity contribution < 1.29 is 9.59 Å². The fourth-order valence-electron chi connectivity index (χ4n) is 4.59. The average Bonchev–Trinajstić information content (AvgIpc) is 3.66. The Morgan fingerprint density at radius 3 is 2.51 bits per heavy atom. The zero-order valence-electron chi connectivity index (χ0n) is 23.0. The molecule has 0 fully saturated rings. The second kappa shape index (κ2) is 12.2. The molecule has 3 N–H and O–H groups in total. The number of benzene rings is 3. The molecule has 0 spiro atoms. The molecule has 0 unspecified atom stereocenters. The number of hydrogen-bond donors (Lipinski definition) is 3. The van der Waals surface area contributed by atoms with Crippen molar-refractivity contribution in [2.24, 2.45) is 0 Å². The normalized spacial score (nSPS) is 11.9. The van der Waals surface area contributed by atoms with Gasteiger partial charge in [-0.25, -0.2) is 4.98 Å². The second-order valence-corrected chi connectivity index (χ2v) is 9.65. The van der Waals surface area contributed by atoms with Gasteiger partial charge in [0.1, 0.15) is 12.2 Å². The third-order valence-electron chi connectivity index (χ3n) is 6.67. The summed E-state index contributed by atoms with van der Waals surface area (Å²) in [5.74, 6) is 0.231. The zero-order valence-corrected chi connectivity index (χ0v) is 23.0. The maximum Gasteiger partial charge on any atom is 0.251 e. The Balaban J connectivity index is 1.41. The molecule has 206 valence electrons. The fraction of sp³-hybridized carbons (Fsp3) is 0.161. The van der Waals surface area contributed by atoms with Crippen LogP contribution in [0.3, 0.4) is 0 Å². The quantitative estimate of drug-likeness (QED) is 0.238. The minimum atomic E-state index is -0.413. The van der Waals surface area contributed by atoms with E-state index in [-0.39, 0.29) is 11.8 Å². The third-order valence-corrected chi connectivity index (χ3v) is 6.67. The highest BCUT2D eigenvalue weighted by atomic mass is 16.2. The summed E-state index contributed by atoms with van der Waals surface area (Å²) in [6.45, 7) is 3.93. The predicted molar refractivity (Wildman–Crippen MR) is 156 cm³/mol. The van der Waals surface area contributed by atoms with E-state index < -0.39 is 6.04 Å². The molecule has 2 heterocycles. The number of rotatable bonds is 9. The van der Waals surface area contributed by atoms with E-state index in [0.29, 0.717) is 17.8 Å². The fourth-order valence-corrected chi connectivity index (χ4v) is 4.59. The molecule has 41 heavy (non-hydrogen) atoms. The Kier molecular flexibility index (Phi) is 8.10. The van der Waals surface area contributed by atoms with Crippen LogP contribution in [0.15, 0.2) is 85.2 Å². The van der Waals surface area contributed by atoms with Crippen molar-refractivity contribution in [3.05, 3.63) is 119 Å². The first-order chi connectivity index (χ1) is 19.9. The molecule has 10 heteroatoms. The highest BCUT2D eigenvalue weighted by Crippen LogP contribution is 2.26. The van der Waals surface area contributed by atoms with Crippen molar-refractivity contribution in [1.29, 1.82) is 0 Å². The van der Waals surface area contributed by atoms with Gasteiger partial charge in [0, 0.05) is 35.5 Å². The number of aromatic amines is 1. The number of H-pyrrole nitrogens is 1. The number of carbonyl (C=O) groups excluding carboxylic acids is 2. The van der Waals surface area contributed by atoms with Gasteiger partial charge in [0.15, 0.2) is 0 Å². The summed E-state index contributed by atoms with van der Waals surface area (Å²) in [7, 11) is 1.60. The number of aryl methyl sites for hydroxylation is 2. The van der Waals surface area contributed by atoms with Crippen molar-refractivity contribution in [3.63, 3.8) is 0 Å². The van der Waals surface area contributed by atoms with Crippen LogP contribution in [-0.4, -0.2) is 49.0 Å². The summed E-state index contributed by atoms with van der Waals surface area (Å²) in [6, 6.07) is 22.7. The lowest BCUT2D eigenvalue weighted by Gasteiger charge is -2.16. The van der Waals surface area contributed by atoms with Gasteiger partial charge in [-0.05, 0) is 66.6 Å². The Morgan fingerprint density at radius 2 is 1.80 bits per heavy atom. The maximum atomic E-state index is 13.2. The molecule has 5 rings (SSSR count). The van der Waals surface area contributed by atoms with Crippen LogP contribution >= 0.6 is 0 Å². The third kappa shape index (κ3) is 6.44. The van der Waals surface area contributed by atoms with Crippen LogP contribution in [0.2, 0.25) is 0 Å². The monoisotopic (exact) mass is 546 g/mol. The van der Waals surface area contributed by atoms with Crippen LogP contribution in [0.4, 0.5) is 0 Å². The molecule has 0 bridgehead atoms. The zero-order chi connectivity index (χ0) is 28.8. The summed E-state index contributed by atoms with van der Waals surface area (Å²) in [5.41, 5.74) is 6.75. The van der Waals surface area contributed by atoms with Gasteiger partial charge in [-0.3, -0.25) is 9.59 Å². The number of nitrogens with one attached hydrogen (secondary N) is 3. The van der Waals surface area contributed by atoms with Crippen LogP contribution in [0.5, 0.6) is 0 Å². The maximum absolute atomic E-state index is 13.2. The van der Waals surface area contributed by atoms with E-state index in [9.17, 15) is 9.59 Å². The molecule has 0 aliphatic rings. The van der Waals surface area contributed by atoms with Crippen molar-refractivity contribution in [2.75, 3.05) is 7.05 Å². The average molecular weight is 547 g/mol. The van der Waals surface area contributed by atoms with Gasteiger partial charge in [0.2, 0.25) is 5.91 Å². The molecule has 0 radical (unpaired) electrons. The summed E-state index contributed by atoms with van der Waals surface area (Å²) in [6.07, 6.45) is 5.32. The van der Waals surface area contributed by atoms with Gasteiger partial charge in [-0.2, -0.15) is 4.68 Å². The smallest absolute Gasteiger partial charge is 0.251 e. The molecule has 2 aromatic heterocycles. The number of aromatic nitrogens is 6. The van der Waals surface area contributed by atoms with Gasteiger partial charge in [-0.1, -0.05) is 54.1 Å². The van der Waals surface area contributed by atoms with Crippen LogP contribution < -0.4 is 10.6 Å². The van der Waals surface area contributed by atoms with Crippen LogP contribution in [0.25, 0.3) is 23.0 Å². The Bertz CT molecular complexity index is 1670. The summed E-state index contributed by atoms with van der Waals surface area (Å²) < 4.78 is 1.56. The van der Waals surface area contributed by atoms with Gasteiger partial charge in [0.05, 0.1) is 17.4 Å². The highest BCUT2D eigenvalue weighted by Gasteiger charge is 2.20. The SMILES string of the molecule is CNC(=O)c1ccc(-c2nc([C@H](Cc3ccccc3)NC(=O)/C=C/c3cc(C)ccc3-n3cnnn3)[nH]c2C)cc1. The lowest BCUT2D eigenvalue weighted by Crippen LogP contribution is -2.29. The molecule has 0 aliphatic carbocycles. The predicted octanol–water partition coefficient (Wildman–Crippen LogP) is 4.14. The number of nitrogens with zero attached hydrogens (tertiary/aromatic N) is 5. The lowest BCUT2D eigenvalue weighted by atomic mass is 10.0. The Morgan fingerprint density at radius 1 is 1.02 bits per heavy atom. The largest absolute Gasteiger partial charge is 0.355 e. The van der Waals surface area contributed by atoms with Crippen molar-refractivity contribution in [2.45, 2.75) is 26.3 Å². The first-order valence-electron chi connectivity index (χ1n) is 13.2. The van der Waals surface area contributed by atoms with Crippen LogP contribution in [-0.2, 0) is 11.2 Å². The van der Waals surface area contributed by atoms with E-state index in [0.717, 1.165) is 39.3 Å². The Hall–Kier alpha value is -5.38. The van der Waals surface area contributed by atoms with Crippen molar-refractivity contribution >= 4 is 17.9 Å². The van der Waals surface area contributed by atoms with Gasteiger partial charge < -0.3 is 15.6 Å². The number of carbonyl (C=O) groups is 2. The van der Waals surface area contributed by atoms with Crippen LogP contribution in [0.1, 0.15) is 44.6 Å². The minimum absolute atomic E-state index is 0.148. The first-order valence-corrected chi connectivity index (χ1v) is 13.2. The first kappa shape index (κ1) is 27.2. The molecule has 0 aliphatic heterocycles. The highest BCUT2D eigenvalue weighted by molar-refractivity contribution is 5.94. The molecule has 10 nitrogen and oxygen atoms in total. The molecule has 5 aromatic rings. The summed E-state index contributed by atoms with van der Waals surface area (Å²) >= 11 is 0. The van der Waals surface area contributed by atoms with Gasteiger partial charge >= 0.3 is 0 Å². The summed E-state index contributed by atoms with van der Waals surface area (Å²) in [5, 5.41) is 17.2. The van der Waals surface area contributed by atoms with E-state index >= 15 is 0 Å². The Labute approximate surface area is 237 Å². The van der Waals surface area contributed by atoms with E-state index in [4.69, 9.17) is 4.98 Å². The molecular formula is C31H30N8O2. The van der Waals surface area contributed by atoms with E-state index in [1.807, 2.05) is 74.5 Å².